The van der Waals surface area contributed by atoms with E-state index in [9.17, 15) is 8.42 Å². The van der Waals surface area contributed by atoms with Crippen molar-refractivity contribution in [1.29, 1.82) is 5.26 Å². The first-order valence-electron chi connectivity index (χ1n) is 5.42. The van der Waals surface area contributed by atoms with Crippen molar-refractivity contribution in [2.75, 3.05) is 0 Å². The van der Waals surface area contributed by atoms with Crippen molar-refractivity contribution in [3.63, 3.8) is 0 Å². The lowest BCUT2D eigenvalue weighted by molar-refractivity contribution is 0.125. The zero-order valence-corrected chi connectivity index (χ0v) is 10.6. The van der Waals surface area contributed by atoms with Crippen molar-refractivity contribution in [3.8, 4) is 6.07 Å². The Hall–Kier alpha value is -1.87. The molecule has 2 rings (SSSR count). The van der Waals surface area contributed by atoms with E-state index in [0.717, 1.165) is 11.1 Å². The molecule has 0 saturated carbocycles. The van der Waals surface area contributed by atoms with E-state index in [4.69, 9.17) is 10.1 Å². The van der Waals surface area contributed by atoms with Gasteiger partial charge in [-0.25, -0.2) is 8.42 Å². The maximum atomic E-state index is 12.1. The molecule has 1 aromatic rings. The Bertz CT molecular complexity index is 629. The Balaban J connectivity index is 2.20. The summed E-state index contributed by atoms with van der Waals surface area (Å²) in [5.74, 6) is -0.111. The van der Waals surface area contributed by atoms with E-state index in [1.165, 1.54) is 0 Å². The van der Waals surface area contributed by atoms with Crippen molar-refractivity contribution >= 4 is 14.9 Å². The smallest absolute Gasteiger partial charge is 0.218 e. The summed E-state index contributed by atoms with van der Waals surface area (Å²) in [6.45, 7) is 1.86. The predicted molar refractivity (Wildman–Crippen MR) is 66.3 cm³/mol. The van der Waals surface area contributed by atoms with Crippen molar-refractivity contribution in [2.45, 2.75) is 25.2 Å². The van der Waals surface area contributed by atoms with Gasteiger partial charge in [-0.1, -0.05) is 29.4 Å². The fraction of sp³-hybridized carbons (Fsp3) is 0.333. The largest absolute Gasteiger partial charge is 0.376 e. The predicted octanol–water partition coefficient (Wildman–Crippen LogP) is 1.54. The van der Waals surface area contributed by atoms with Crippen molar-refractivity contribution in [2.24, 2.45) is 5.16 Å². The van der Waals surface area contributed by atoms with Gasteiger partial charge in [-0.15, -0.1) is 0 Å². The van der Waals surface area contributed by atoms with Gasteiger partial charge in [0.25, 0.3) is 0 Å². The molecule has 1 aliphatic rings. The number of hydrogen-bond donors (Lipinski definition) is 0. The third-order valence-corrected chi connectivity index (χ3v) is 4.40. The minimum atomic E-state index is -3.50. The molecule has 0 spiro atoms. The zero-order chi connectivity index (χ0) is 13.2. The van der Waals surface area contributed by atoms with Gasteiger partial charge in [0.2, 0.25) is 6.10 Å². The Morgan fingerprint density at radius 2 is 2.22 bits per heavy atom. The fourth-order valence-electron chi connectivity index (χ4n) is 1.67. The molecule has 5 nitrogen and oxygen atoms in total. The first kappa shape index (κ1) is 12.6. The molecule has 0 fully saturated rings. The first-order chi connectivity index (χ1) is 8.53. The van der Waals surface area contributed by atoms with Gasteiger partial charge >= 0.3 is 0 Å². The second kappa shape index (κ2) is 4.78. The van der Waals surface area contributed by atoms with E-state index in [1.54, 1.807) is 12.1 Å². The SMILES string of the molecule is Cc1ccccc1CS(=O)(=O)C1=NOC(C#N)C1. The number of aryl methyl sites for hydroxylation is 1. The van der Waals surface area contributed by atoms with Gasteiger partial charge < -0.3 is 4.84 Å². The molecule has 1 atom stereocenters. The number of oxime groups is 1. The van der Waals surface area contributed by atoms with Gasteiger partial charge in [-0.05, 0) is 18.1 Å². The number of rotatable bonds is 2. The van der Waals surface area contributed by atoms with Crippen LogP contribution in [0, 0.1) is 18.3 Å². The van der Waals surface area contributed by atoms with Crippen LogP contribution in [0.3, 0.4) is 0 Å². The summed E-state index contributed by atoms with van der Waals surface area (Å²) in [5.41, 5.74) is 1.65. The van der Waals surface area contributed by atoms with Gasteiger partial charge in [-0.3, -0.25) is 0 Å². The molecule has 0 saturated heterocycles. The van der Waals surface area contributed by atoms with E-state index < -0.39 is 15.9 Å². The van der Waals surface area contributed by atoms with Crippen LogP contribution in [0.2, 0.25) is 0 Å². The summed E-state index contributed by atoms with van der Waals surface area (Å²) in [6, 6.07) is 9.11. The number of benzene rings is 1. The lowest BCUT2D eigenvalue weighted by atomic mass is 10.1. The normalized spacial score (nSPS) is 18.9. The van der Waals surface area contributed by atoms with E-state index in [2.05, 4.69) is 5.16 Å². The Morgan fingerprint density at radius 3 is 2.83 bits per heavy atom. The molecule has 18 heavy (non-hydrogen) atoms. The second-order valence-corrected chi connectivity index (χ2v) is 6.09. The highest BCUT2D eigenvalue weighted by Gasteiger charge is 2.30. The van der Waals surface area contributed by atoms with Crippen LogP contribution in [0.25, 0.3) is 0 Å². The van der Waals surface area contributed by atoms with Gasteiger partial charge in [0.15, 0.2) is 14.9 Å². The quantitative estimate of drug-likeness (QED) is 0.811. The van der Waals surface area contributed by atoms with Crippen molar-refractivity contribution in [3.05, 3.63) is 35.4 Å². The molecule has 1 heterocycles. The van der Waals surface area contributed by atoms with Crippen LogP contribution in [0.4, 0.5) is 0 Å². The molecule has 1 aromatic carbocycles. The van der Waals surface area contributed by atoms with Crippen LogP contribution in [0.5, 0.6) is 0 Å². The average Bonchev–Trinajstić information content (AvgIpc) is 2.81. The fourth-order valence-corrected chi connectivity index (χ4v) is 3.13. The van der Waals surface area contributed by atoms with Crippen LogP contribution in [-0.4, -0.2) is 19.6 Å². The summed E-state index contributed by atoms with van der Waals surface area (Å²) >= 11 is 0. The molecular formula is C12H12N2O3S. The maximum Gasteiger partial charge on any atom is 0.218 e. The summed E-state index contributed by atoms with van der Waals surface area (Å²) < 4.78 is 24.2. The van der Waals surface area contributed by atoms with E-state index in [0.29, 0.717) is 0 Å². The highest BCUT2D eigenvalue weighted by molar-refractivity contribution is 8.05. The minimum absolute atomic E-state index is 0.0325. The molecule has 1 aliphatic heterocycles. The molecule has 0 amide bonds. The van der Waals surface area contributed by atoms with Crippen LogP contribution in [-0.2, 0) is 20.4 Å². The molecule has 0 N–H and O–H groups in total. The Morgan fingerprint density at radius 1 is 1.50 bits per heavy atom. The maximum absolute atomic E-state index is 12.1. The van der Waals surface area contributed by atoms with Gasteiger partial charge in [-0.2, -0.15) is 5.26 Å². The minimum Gasteiger partial charge on any atom is -0.376 e. The second-order valence-electron chi connectivity index (χ2n) is 4.10. The van der Waals surface area contributed by atoms with Gasteiger partial charge in [0.05, 0.1) is 12.2 Å². The highest BCUT2D eigenvalue weighted by atomic mass is 32.2. The van der Waals surface area contributed by atoms with Crippen molar-refractivity contribution < 1.29 is 13.3 Å². The average molecular weight is 264 g/mol. The summed E-state index contributed by atoms with van der Waals surface area (Å²) in [7, 11) is -3.50. The Kier molecular flexibility index (Phi) is 3.34. The lowest BCUT2D eigenvalue weighted by Gasteiger charge is -2.05. The number of hydrogen-bond acceptors (Lipinski definition) is 5. The van der Waals surface area contributed by atoms with E-state index in [1.807, 2.05) is 25.1 Å². The lowest BCUT2D eigenvalue weighted by Crippen LogP contribution is -2.17. The standard InChI is InChI=1S/C12H12N2O3S/c1-9-4-2-3-5-10(9)8-18(15,16)12-6-11(7-13)17-14-12/h2-5,11H,6,8H2,1H3. The van der Waals surface area contributed by atoms with Gasteiger partial charge in [0.1, 0.15) is 6.07 Å². The highest BCUT2D eigenvalue weighted by Crippen LogP contribution is 2.19. The number of sulfone groups is 1. The van der Waals surface area contributed by atoms with Crippen LogP contribution in [0.1, 0.15) is 17.5 Å². The zero-order valence-electron chi connectivity index (χ0n) is 9.83. The van der Waals surface area contributed by atoms with Crippen LogP contribution >= 0.6 is 0 Å². The van der Waals surface area contributed by atoms with Crippen molar-refractivity contribution in [1.82, 2.24) is 0 Å². The Labute approximate surface area is 106 Å². The monoisotopic (exact) mass is 264 g/mol. The molecule has 0 bridgehead atoms. The van der Waals surface area contributed by atoms with E-state index >= 15 is 0 Å². The van der Waals surface area contributed by atoms with Crippen LogP contribution in [0.15, 0.2) is 29.4 Å². The van der Waals surface area contributed by atoms with E-state index in [-0.39, 0.29) is 17.2 Å². The van der Waals surface area contributed by atoms with Crippen LogP contribution < -0.4 is 0 Å². The number of nitrogens with zero attached hydrogens (tertiary/aromatic N) is 2. The molecule has 94 valence electrons. The molecule has 1 unspecified atom stereocenters. The summed E-state index contributed by atoms with van der Waals surface area (Å²) in [6.07, 6.45) is -0.753. The number of nitriles is 1. The topological polar surface area (TPSA) is 79.5 Å². The summed E-state index contributed by atoms with van der Waals surface area (Å²) in [5, 5.41) is 12.1. The molecule has 6 heteroatoms. The van der Waals surface area contributed by atoms with Gasteiger partial charge in [0, 0.05) is 0 Å². The molecular weight excluding hydrogens is 252 g/mol. The first-order valence-corrected chi connectivity index (χ1v) is 7.08. The third-order valence-electron chi connectivity index (χ3n) is 2.75. The molecule has 0 aromatic heterocycles. The third kappa shape index (κ3) is 2.51. The molecule has 0 aliphatic carbocycles. The molecule has 0 radical (unpaired) electrons. The summed E-state index contributed by atoms with van der Waals surface area (Å²) in [4.78, 5) is 4.72.